The highest BCUT2D eigenvalue weighted by atomic mass is 16.3. The summed E-state index contributed by atoms with van der Waals surface area (Å²) in [5.41, 5.74) is 4.26. The van der Waals surface area contributed by atoms with E-state index in [1.54, 1.807) is 14.0 Å². The maximum atomic E-state index is 12.6. The second-order valence-corrected chi connectivity index (χ2v) is 6.17. The number of benzene rings is 1. The van der Waals surface area contributed by atoms with E-state index in [1.165, 1.54) is 4.90 Å². The molecule has 0 aliphatic carbocycles. The van der Waals surface area contributed by atoms with Crippen LogP contribution >= 0.6 is 0 Å². The van der Waals surface area contributed by atoms with Gasteiger partial charge in [-0.3, -0.25) is 9.59 Å². The largest absolute Gasteiger partial charge is 0.466 e. The average molecular weight is 328 g/mol. The normalized spacial score (nSPS) is 10.6. The van der Waals surface area contributed by atoms with E-state index in [-0.39, 0.29) is 18.4 Å². The third-order valence-electron chi connectivity index (χ3n) is 4.38. The fourth-order valence-corrected chi connectivity index (χ4v) is 2.66. The van der Waals surface area contributed by atoms with Gasteiger partial charge < -0.3 is 14.6 Å². The maximum absolute atomic E-state index is 12.6. The molecule has 1 aromatic carbocycles. The van der Waals surface area contributed by atoms with Gasteiger partial charge in [-0.15, -0.1) is 0 Å². The number of likely N-dealkylation sites (N-methyl/N-ethyl adjacent to an activating group) is 1. The Kier molecular flexibility index (Phi) is 5.12. The minimum Gasteiger partial charge on any atom is -0.466 e. The number of carbonyl (C=O) groups excluding carboxylic acids is 2. The molecule has 0 radical (unpaired) electrons. The molecule has 0 aliphatic rings. The van der Waals surface area contributed by atoms with Crippen LogP contribution in [0.2, 0.25) is 0 Å². The fraction of sp³-hybridized carbons (Fsp3) is 0.368. The summed E-state index contributed by atoms with van der Waals surface area (Å²) in [7, 11) is 1.62. The highest BCUT2D eigenvalue weighted by molar-refractivity contribution is 6.00. The van der Waals surface area contributed by atoms with E-state index in [9.17, 15) is 9.59 Å². The van der Waals surface area contributed by atoms with Crippen LogP contribution in [0.4, 0.5) is 5.69 Å². The Morgan fingerprint density at radius 3 is 2.29 bits per heavy atom. The van der Waals surface area contributed by atoms with Gasteiger partial charge >= 0.3 is 0 Å². The molecule has 2 aromatic rings. The summed E-state index contributed by atoms with van der Waals surface area (Å²) in [5.74, 6) is 0.869. The lowest BCUT2D eigenvalue weighted by atomic mass is 10.1. The Balaban J connectivity index is 2.08. The van der Waals surface area contributed by atoms with Crippen LogP contribution in [0.1, 0.15) is 38.6 Å². The lowest BCUT2D eigenvalue weighted by Gasteiger charge is -2.18. The van der Waals surface area contributed by atoms with Gasteiger partial charge in [0.25, 0.3) is 5.91 Å². The molecule has 0 bridgehead atoms. The molecular weight excluding hydrogens is 304 g/mol. The second kappa shape index (κ2) is 6.91. The quantitative estimate of drug-likeness (QED) is 0.934. The number of aryl methyl sites for hydroxylation is 3. The van der Waals surface area contributed by atoms with Gasteiger partial charge in [0, 0.05) is 18.3 Å². The molecule has 0 saturated heterocycles. The number of nitrogens with one attached hydrogen (secondary N) is 1. The zero-order valence-corrected chi connectivity index (χ0v) is 15.1. The first-order chi connectivity index (χ1) is 11.2. The summed E-state index contributed by atoms with van der Waals surface area (Å²) in [6.07, 6.45) is 0. The highest BCUT2D eigenvalue weighted by Crippen LogP contribution is 2.22. The summed E-state index contributed by atoms with van der Waals surface area (Å²) in [4.78, 5) is 26.3. The molecule has 0 aliphatic heterocycles. The summed E-state index contributed by atoms with van der Waals surface area (Å²) in [5, 5.41) is 2.87. The summed E-state index contributed by atoms with van der Waals surface area (Å²) in [6.45, 7) is 9.37. The standard InChI is InChI=1S/C19H24N2O3/c1-11-8-7-9-16(12(11)2)20-17(22)10-21(6)19(23)18-13(3)14(4)24-15(18)5/h7-9H,10H2,1-6H3,(H,20,22). The molecule has 0 saturated carbocycles. The van der Waals surface area contributed by atoms with Gasteiger partial charge in [0.05, 0.1) is 12.1 Å². The molecule has 2 amide bonds. The second-order valence-electron chi connectivity index (χ2n) is 6.17. The average Bonchev–Trinajstić information content (AvgIpc) is 2.76. The molecule has 0 spiro atoms. The molecule has 5 nitrogen and oxygen atoms in total. The van der Waals surface area contributed by atoms with E-state index in [0.29, 0.717) is 11.3 Å². The van der Waals surface area contributed by atoms with Crippen LogP contribution in [-0.2, 0) is 4.79 Å². The molecule has 0 unspecified atom stereocenters. The van der Waals surface area contributed by atoms with Gasteiger partial charge in [0.1, 0.15) is 11.5 Å². The van der Waals surface area contributed by atoms with Crippen LogP contribution in [0.5, 0.6) is 0 Å². The van der Waals surface area contributed by atoms with E-state index in [2.05, 4.69) is 5.32 Å². The van der Waals surface area contributed by atoms with E-state index >= 15 is 0 Å². The number of hydrogen-bond donors (Lipinski definition) is 1. The molecule has 0 fully saturated rings. The van der Waals surface area contributed by atoms with Gasteiger partial charge in [0.2, 0.25) is 5.91 Å². The zero-order valence-electron chi connectivity index (χ0n) is 15.1. The maximum Gasteiger partial charge on any atom is 0.257 e. The Morgan fingerprint density at radius 2 is 1.71 bits per heavy atom. The first-order valence-electron chi connectivity index (χ1n) is 7.90. The van der Waals surface area contributed by atoms with Crippen molar-refractivity contribution in [2.75, 3.05) is 18.9 Å². The lowest BCUT2D eigenvalue weighted by Crippen LogP contribution is -2.35. The minimum atomic E-state index is -0.227. The van der Waals surface area contributed by atoms with Crippen molar-refractivity contribution in [1.29, 1.82) is 0 Å². The lowest BCUT2D eigenvalue weighted by molar-refractivity contribution is -0.116. The molecule has 2 rings (SSSR count). The number of rotatable bonds is 4. The van der Waals surface area contributed by atoms with Gasteiger partial charge in [-0.05, 0) is 51.8 Å². The predicted octanol–water partition coefficient (Wildman–Crippen LogP) is 3.53. The van der Waals surface area contributed by atoms with Crippen LogP contribution in [-0.4, -0.2) is 30.3 Å². The third kappa shape index (κ3) is 3.50. The molecular formula is C19H24N2O3. The molecule has 1 aromatic heterocycles. The monoisotopic (exact) mass is 328 g/mol. The number of nitrogens with zero attached hydrogens (tertiary/aromatic N) is 1. The first kappa shape index (κ1) is 17.8. The molecule has 5 heteroatoms. The number of anilines is 1. The topological polar surface area (TPSA) is 62.6 Å². The van der Waals surface area contributed by atoms with Crippen molar-refractivity contribution in [2.45, 2.75) is 34.6 Å². The molecule has 128 valence electrons. The molecule has 1 heterocycles. The Labute approximate surface area is 142 Å². The summed E-state index contributed by atoms with van der Waals surface area (Å²) >= 11 is 0. The smallest absolute Gasteiger partial charge is 0.257 e. The Hall–Kier alpha value is -2.56. The zero-order chi connectivity index (χ0) is 18.0. The number of furan rings is 1. The van der Waals surface area contributed by atoms with Crippen molar-refractivity contribution in [3.05, 3.63) is 52.0 Å². The molecule has 0 atom stereocenters. The predicted molar refractivity (Wildman–Crippen MR) is 94.4 cm³/mol. The van der Waals surface area contributed by atoms with Crippen molar-refractivity contribution >= 4 is 17.5 Å². The Morgan fingerprint density at radius 1 is 1.04 bits per heavy atom. The van der Waals surface area contributed by atoms with E-state index in [1.807, 2.05) is 45.9 Å². The van der Waals surface area contributed by atoms with E-state index < -0.39 is 0 Å². The van der Waals surface area contributed by atoms with E-state index in [0.717, 1.165) is 28.1 Å². The SMILES string of the molecule is Cc1cccc(NC(=O)CN(C)C(=O)c2c(C)oc(C)c2C)c1C. The minimum absolute atomic E-state index is 0.0185. The highest BCUT2D eigenvalue weighted by Gasteiger charge is 2.23. The fourth-order valence-electron chi connectivity index (χ4n) is 2.66. The van der Waals surface area contributed by atoms with Crippen molar-refractivity contribution in [3.8, 4) is 0 Å². The number of amides is 2. The molecule has 1 N–H and O–H groups in total. The van der Waals surface area contributed by atoms with Gasteiger partial charge in [-0.1, -0.05) is 12.1 Å². The van der Waals surface area contributed by atoms with Crippen molar-refractivity contribution in [1.82, 2.24) is 4.90 Å². The summed E-state index contributed by atoms with van der Waals surface area (Å²) < 4.78 is 5.50. The van der Waals surface area contributed by atoms with Crippen LogP contribution in [0.15, 0.2) is 22.6 Å². The van der Waals surface area contributed by atoms with Crippen LogP contribution in [0, 0.1) is 34.6 Å². The number of carbonyl (C=O) groups is 2. The van der Waals surface area contributed by atoms with Gasteiger partial charge in [0.15, 0.2) is 0 Å². The Bertz CT molecular complexity index is 790. The van der Waals surface area contributed by atoms with Crippen LogP contribution in [0.25, 0.3) is 0 Å². The number of hydrogen-bond acceptors (Lipinski definition) is 3. The van der Waals surface area contributed by atoms with Crippen LogP contribution in [0.3, 0.4) is 0 Å². The van der Waals surface area contributed by atoms with Crippen molar-refractivity contribution in [2.24, 2.45) is 0 Å². The third-order valence-corrected chi connectivity index (χ3v) is 4.38. The van der Waals surface area contributed by atoms with Gasteiger partial charge in [-0.2, -0.15) is 0 Å². The molecule has 24 heavy (non-hydrogen) atoms. The first-order valence-corrected chi connectivity index (χ1v) is 7.90. The van der Waals surface area contributed by atoms with E-state index in [4.69, 9.17) is 4.42 Å². The van der Waals surface area contributed by atoms with Crippen LogP contribution < -0.4 is 5.32 Å². The van der Waals surface area contributed by atoms with Crippen molar-refractivity contribution < 1.29 is 14.0 Å². The van der Waals surface area contributed by atoms with Crippen molar-refractivity contribution in [3.63, 3.8) is 0 Å². The van der Waals surface area contributed by atoms with Gasteiger partial charge in [-0.25, -0.2) is 0 Å². The summed E-state index contributed by atoms with van der Waals surface area (Å²) in [6, 6.07) is 5.75.